The van der Waals surface area contributed by atoms with Gasteiger partial charge in [-0.15, -0.1) is 0 Å². The molecule has 2 fully saturated rings. The molecule has 1 unspecified atom stereocenters. The van der Waals surface area contributed by atoms with Crippen LogP contribution in [0.2, 0.25) is 0 Å². The van der Waals surface area contributed by atoms with Gasteiger partial charge < -0.3 is 20.6 Å². The molecule has 0 bridgehead atoms. The fourth-order valence-electron chi connectivity index (χ4n) is 6.42. The van der Waals surface area contributed by atoms with Crippen molar-refractivity contribution in [1.82, 2.24) is 20.4 Å². The Labute approximate surface area is 232 Å². The first-order chi connectivity index (χ1) is 18.5. The first kappa shape index (κ1) is 31.1. The molecule has 4 atom stereocenters. The number of carbonyl (C=O) groups excluding carboxylic acids is 1. The van der Waals surface area contributed by atoms with Crippen LogP contribution in [0.4, 0.5) is 0 Å². The second kappa shape index (κ2) is 17.3. The highest BCUT2D eigenvalue weighted by atomic mass is 16.3. The number of benzene rings is 1. The third-order valence-electron chi connectivity index (χ3n) is 8.98. The summed E-state index contributed by atoms with van der Waals surface area (Å²) in [6.45, 7) is 8.25. The van der Waals surface area contributed by atoms with Crippen LogP contribution in [0.1, 0.15) is 96.5 Å². The quantitative estimate of drug-likeness (QED) is 0.250. The molecule has 0 radical (unpaired) electrons. The first-order valence-corrected chi connectivity index (χ1v) is 15.7. The van der Waals surface area contributed by atoms with Gasteiger partial charge in [-0.05, 0) is 70.5 Å². The topological polar surface area (TPSA) is 67.8 Å². The molecule has 1 saturated carbocycles. The lowest BCUT2D eigenvalue weighted by Gasteiger charge is -2.41. The van der Waals surface area contributed by atoms with Crippen LogP contribution in [0.25, 0.3) is 0 Å². The van der Waals surface area contributed by atoms with Gasteiger partial charge >= 0.3 is 0 Å². The van der Waals surface area contributed by atoms with Crippen molar-refractivity contribution in [3.8, 4) is 0 Å². The molecule has 6 nitrogen and oxygen atoms in total. The van der Waals surface area contributed by atoms with Crippen LogP contribution in [0.15, 0.2) is 30.3 Å². The van der Waals surface area contributed by atoms with E-state index in [4.69, 9.17) is 0 Å². The maximum Gasteiger partial charge on any atom is 0.237 e. The maximum atomic E-state index is 12.9. The number of rotatable bonds is 17. The van der Waals surface area contributed by atoms with Crippen LogP contribution in [0.3, 0.4) is 0 Å². The number of amides is 1. The van der Waals surface area contributed by atoms with Gasteiger partial charge in [0.2, 0.25) is 5.91 Å². The van der Waals surface area contributed by atoms with Gasteiger partial charge in [-0.25, -0.2) is 0 Å². The van der Waals surface area contributed by atoms with Crippen molar-refractivity contribution in [2.75, 3.05) is 33.2 Å². The number of likely N-dealkylation sites (N-methyl/N-ethyl adjacent to an activating group) is 1. The summed E-state index contributed by atoms with van der Waals surface area (Å²) in [6.07, 6.45) is 15.0. The Kier molecular flexibility index (Phi) is 14.1. The van der Waals surface area contributed by atoms with Crippen LogP contribution in [-0.4, -0.2) is 78.4 Å². The Morgan fingerprint density at radius 3 is 2.47 bits per heavy atom. The van der Waals surface area contributed by atoms with Gasteiger partial charge in [-0.3, -0.25) is 9.69 Å². The van der Waals surface area contributed by atoms with Crippen molar-refractivity contribution in [3.05, 3.63) is 35.9 Å². The Bertz CT molecular complexity index is 770. The summed E-state index contributed by atoms with van der Waals surface area (Å²) in [7, 11) is 1.82. The standard InChI is InChI=1S/C32H56N4O2/c1-4-5-6-7-14-22-35(24-21-27-16-10-8-11-17-27)25-29-20-15-23-36(29)32(38)30(28-18-12-9-13-19-28)34-31(37)26(2)33-3/h8,10-11,16-17,26,28-30,32-33,38H,4-7,9,12-15,18-25H2,1-3H3,(H,34,37)/t26-,29-,30-,32?/m0/s1. The van der Waals surface area contributed by atoms with E-state index in [1.54, 1.807) is 0 Å². The number of aliphatic hydroxyl groups excluding tert-OH is 1. The summed E-state index contributed by atoms with van der Waals surface area (Å²) in [5, 5.41) is 18.1. The van der Waals surface area contributed by atoms with Crippen LogP contribution in [0, 0.1) is 5.92 Å². The summed E-state index contributed by atoms with van der Waals surface area (Å²) >= 11 is 0. The first-order valence-electron chi connectivity index (χ1n) is 15.7. The molecule has 0 spiro atoms. The van der Waals surface area contributed by atoms with E-state index in [1.165, 1.54) is 56.9 Å². The molecule has 1 saturated heterocycles. The molecular weight excluding hydrogens is 472 g/mol. The van der Waals surface area contributed by atoms with Gasteiger partial charge in [-0.2, -0.15) is 0 Å². The van der Waals surface area contributed by atoms with Crippen LogP contribution in [0.5, 0.6) is 0 Å². The largest absolute Gasteiger partial charge is 0.376 e. The zero-order chi connectivity index (χ0) is 27.2. The number of nitrogens with zero attached hydrogens (tertiary/aromatic N) is 2. The SMILES string of the molecule is CCCCCCCN(CCc1ccccc1)C[C@@H]1CCCN1C(O)[C@@H](NC(=O)[C@H](C)NC)C1CCCCC1. The monoisotopic (exact) mass is 528 g/mol. The van der Waals surface area contributed by atoms with Gasteiger partial charge in [-0.1, -0.05) is 82.2 Å². The summed E-state index contributed by atoms with van der Waals surface area (Å²) in [6, 6.07) is 10.7. The Balaban J connectivity index is 1.66. The van der Waals surface area contributed by atoms with Crippen LogP contribution >= 0.6 is 0 Å². The second-order valence-electron chi connectivity index (χ2n) is 11.8. The molecule has 38 heavy (non-hydrogen) atoms. The molecule has 3 rings (SSSR count). The maximum absolute atomic E-state index is 12.9. The van der Waals surface area contributed by atoms with Crippen molar-refractivity contribution in [1.29, 1.82) is 0 Å². The fraction of sp³-hybridized carbons (Fsp3) is 0.781. The number of hydrogen-bond donors (Lipinski definition) is 3. The van der Waals surface area contributed by atoms with E-state index in [-0.39, 0.29) is 18.0 Å². The summed E-state index contributed by atoms with van der Waals surface area (Å²) < 4.78 is 0. The zero-order valence-corrected chi connectivity index (χ0v) is 24.5. The second-order valence-corrected chi connectivity index (χ2v) is 11.8. The van der Waals surface area contributed by atoms with Gasteiger partial charge in [0.05, 0.1) is 12.1 Å². The normalized spacial score (nSPS) is 21.4. The number of carbonyl (C=O) groups is 1. The number of unbranched alkanes of at least 4 members (excludes halogenated alkanes) is 4. The van der Waals surface area contributed by atoms with Crippen molar-refractivity contribution in [3.63, 3.8) is 0 Å². The summed E-state index contributed by atoms with van der Waals surface area (Å²) in [4.78, 5) is 17.9. The molecule has 6 heteroatoms. The molecule has 1 aliphatic carbocycles. The summed E-state index contributed by atoms with van der Waals surface area (Å²) in [5.41, 5.74) is 1.39. The molecular formula is C32H56N4O2. The lowest BCUT2D eigenvalue weighted by atomic mass is 9.82. The number of hydrogen-bond acceptors (Lipinski definition) is 5. The minimum absolute atomic E-state index is 0.00515. The van der Waals surface area contributed by atoms with E-state index in [1.807, 2.05) is 14.0 Å². The molecule has 1 aliphatic heterocycles. The number of likely N-dealkylation sites (tertiary alicyclic amines) is 1. The number of nitrogens with one attached hydrogen (secondary N) is 2. The van der Waals surface area contributed by atoms with Crippen molar-refractivity contribution in [2.24, 2.45) is 5.92 Å². The molecule has 1 heterocycles. The van der Waals surface area contributed by atoms with E-state index in [9.17, 15) is 9.90 Å². The van der Waals surface area contributed by atoms with E-state index in [0.29, 0.717) is 12.0 Å². The highest BCUT2D eigenvalue weighted by molar-refractivity contribution is 5.81. The van der Waals surface area contributed by atoms with Crippen LogP contribution < -0.4 is 10.6 Å². The molecule has 0 aromatic heterocycles. The minimum atomic E-state index is -0.626. The third kappa shape index (κ3) is 9.93. The zero-order valence-electron chi connectivity index (χ0n) is 24.5. The molecule has 1 amide bonds. The molecule has 2 aliphatic rings. The molecule has 216 valence electrons. The smallest absolute Gasteiger partial charge is 0.237 e. The number of aliphatic hydroxyl groups is 1. The minimum Gasteiger partial charge on any atom is -0.376 e. The fourth-order valence-corrected chi connectivity index (χ4v) is 6.42. The van der Waals surface area contributed by atoms with Gasteiger partial charge in [0.1, 0.15) is 6.23 Å². The average molecular weight is 529 g/mol. The predicted molar refractivity (Wildman–Crippen MR) is 158 cm³/mol. The molecule has 3 N–H and O–H groups in total. The van der Waals surface area contributed by atoms with Gasteiger partial charge in [0.15, 0.2) is 0 Å². The summed E-state index contributed by atoms with van der Waals surface area (Å²) in [5.74, 6) is 0.343. The molecule has 1 aromatic carbocycles. The van der Waals surface area contributed by atoms with E-state index in [2.05, 4.69) is 57.7 Å². The highest BCUT2D eigenvalue weighted by Gasteiger charge is 2.39. The van der Waals surface area contributed by atoms with Crippen molar-refractivity contribution >= 4 is 5.91 Å². The van der Waals surface area contributed by atoms with Crippen LogP contribution in [-0.2, 0) is 11.2 Å². The van der Waals surface area contributed by atoms with Gasteiger partial charge in [0, 0.05) is 25.7 Å². The Hall–Kier alpha value is -1.47. The van der Waals surface area contributed by atoms with Crippen molar-refractivity contribution < 1.29 is 9.90 Å². The lowest BCUT2D eigenvalue weighted by Crippen LogP contribution is -2.59. The van der Waals surface area contributed by atoms with E-state index >= 15 is 0 Å². The predicted octanol–water partition coefficient (Wildman–Crippen LogP) is 4.96. The Morgan fingerprint density at radius 2 is 1.76 bits per heavy atom. The average Bonchev–Trinajstić information content (AvgIpc) is 3.42. The van der Waals surface area contributed by atoms with Crippen molar-refractivity contribution in [2.45, 2.75) is 122 Å². The van der Waals surface area contributed by atoms with Gasteiger partial charge in [0.25, 0.3) is 0 Å². The van der Waals surface area contributed by atoms with E-state index in [0.717, 1.165) is 58.3 Å². The Morgan fingerprint density at radius 1 is 1.03 bits per heavy atom. The molecule has 1 aromatic rings. The lowest BCUT2D eigenvalue weighted by molar-refractivity contribution is -0.127. The highest BCUT2D eigenvalue weighted by Crippen LogP contribution is 2.31. The van der Waals surface area contributed by atoms with E-state index < -0.39 is 6.23 Å². The third-order valence-corrected chi connectivity index (χ3v) is 8.98.